The van der Waals surface area contributed by atoms with E-state index in [0.717, 1.165) is 25.7 Å². The molecule has 0 saturated heterocycles. The van der Waals surface area contributed by atoms with E-state index in [1.165, 1.54) is 6.92 Å². The van der Waals surface area contributed by atoms with Gasteiger partial charge in [-0.2, -0.15) is 0 Å². The van der Waals surface area contributed by atoms with Gasteiger partial charge in [-0.05, 0) is 19.9 Å². The summed E-state index contributed by atoms with van der Waals surface area (Å²) in [5.41, 5.74) is 0. The van der Waals surface area contributed by atoms with Crippen molar-refractivity contribution in [3.63, 3.8) is 0 Å². The summed E-state index contributed by atoms with van der Waals surface area (Å²) in [6.07, 6.45) is 4.13. The highest BCUT2D eigenvalue weighted by molar-refractivity contribution is 7.83. The number of rotatable bonds is 8. The van der Waals surface area contributed by atoms with Gasteiger partial charge < -0.3 is 5.11 Å². The largest absolute Gasteiger partial charge is 0.479 e. The molecule has 0 amide bonds. The van der Waals surface area contributed by atoms with E-state index in [9.17, 15) is 9.59 Å². The quantitative estimate of drug-likeness (QED) is 0.257. The first-order valence-electron chi connectivity index (χ1n) is 5.17. The van der Waals surface area contributed by atoms with Crippen LogP contribution in [0.5, 0.6) is 0 Å². The van der Waals surface area contributed by atoms with E-state index < -0.39 is 16.6 Å². The summed E-state index contributed by atoms with van der Waals surface area (Å²) in [6.45, 7) is 3.82. The maximum absolute atomic E-state index is 11.1. The van der Waals surface area contributed by atoms with Gasteiger partial charge in [0, 0.05) is 0 Å². The summed E-state index contributed by atoms with van der Waals surface area (Å²) < 4.78 is 0. The molecular weight excluding hydrogens is 214 g/mol. The predicted octanol–water partition coefficient (Wildman–Crippen LogP) is 1.46. The number of carbonyl (C=O) groups is 2. The van der Waals surface area contributed by atoms with E-state index in [2.05, 4.69) is 24.9 Å². The zero-order chi connectivity index (χ0) is 11.9. The molecule has 0 saturated carbocycles. The highest BCUT2D eigenvalue weighted by atomic mass is 32.1. The van der Waals surface area contributed by atoms with Crippen LogP contribution in [0.4, 0.5) is 0 Å². The lowest BCUT2D eigenvalue weighted by molar-refractivity contribution is -0.144. The monoisotopic (exact) mass is 233 g/mol. The van der Waals surface area contributed by atoms with Crippen molar-refractivity contribution >= 4 is 24.4 Å². The maximum atomic E-state index is 11.1. The number of thiol groups is 1. The molecule has 15 heavy (non-hydrogen) atoms. The van der Waals surface area contributed by atoms with Crippen LogP contribution >= 0.6 is 12.6 Å². The third-order valence-corrected chi connectivity index (χ3v) is 2.89. The van der Waals surface area contributed by atoms with Gasteiger partial charge in [0.15, 0.2) is 5.78 Å². The number of hydrogen-bond acceptors (Lipinski definition) is 4. The molecule has 1 unspecified atom stereocenters. The Labute approximate surface area is 95.8 Å². The third kappa shape index (κ3) is 4.66. The fraction of sp³-hybridized carbons (Fsp3) is 0.800. The Balaban J connectivity index is 3.99. The van der Waals surface area contributed by atoms with Gasteiger partial charge >= 0.3 is 5.97 Å². The van der Waals surface area contributed by atoms with Gasteiger partial charge in [-0.1, -0.05) is 26.2 Å². The van der Waals surface area contributed by atoms with Crippen molar-refractivity contribution in [3.8, 4) is 0 Å². The van der Waals surface area contributed by atoms with Crippen molar-refractivity contribution in [2.24, 2.45) is 0 Å². The summed E-state index contributed by atoms with van der Waals surface area (Å²) >= 11 is 3.87. The molecule has 0 heterocycles. The molecular formula is C10H19NO3S. The molecule has 88 valence electrons. The summed E-state index contributed by atoms with van der Waals surface area (Å²) in [5, 5.41) is 11.5. The number of nitrogens with one attached hydrogen (secondary N) is 1. The van der Waals surface area contributed by atoms with Crippen molar-refractivity contribution in [1.29, 1.82) is 0 Å². The minimum atomic E-state index is -1.73. The zero-order valence-electron chi connectivity index (χ0n) is 9.25. The van der Waals surface area contributed by atoms with Gasteiger partial charge in [0.05, 0.1) is 0 Å². The maximum Gasteiger partial charge on any atom is 0.342 e. The molecule has 1 atom stereocenters. The van der Waals surface area contributed by atoms with Crippen LogP contribution in [-0.4, -0.2) is 28.3 Å². The zero-order valence-corrected chi connectivity index (χ0v) is 10.1. The van der Waals surface area contributed by atoms with Crippen LogP contribution in [-0.2, 0) is 9.59 Å². The highest BCUT2D eigenvalue weighted by Gasteiger charge is 2.38. The fourth-order valence-corrected chi connectivity index (χ4v) is 1.28. The number of carboxylic acid groups (broad SMARTS) is 1. The number of unbranched alkanes of at least 4 members (excludes halogenated alkanes) is 3. The average molecular weight is 233 g/mol. The molecule has 0 aliphatic heterocycles. The van der Waals surface area contributed by atoms with E-state index in [0.29, 0.717) is 6.54 Å². The first-order chi connectivity index (χ1) is 6.95. The van der Waals surface area contributed by atoms with Crippen molar-refractivity contribution in [2.75, 3.05) is 6.54 Å². The molecule has 0 fully saturated rings. The van der Waals surface area contributed by atoms with Crippen molar-refractivity contribution in [3.05, 3.63) is 0 Å². The average Bonchev–Trinajstić information content (AvgIpc) is 2.16. The Bertz CT molecular complexity index is 217. The second-order valence-electron chi connectivity index (χ2n) is 3.56. The molecule has 0 spiro atoms. The predicted molar refractivity (Wildman–Crippen MR) is 62.2 cm³/mol. The van der Waals surface area contributed by atoms with Crippen molar-refractivity contribution < 1.29 is 14.7 Å². The Morgan fingerprint density at radius 3 is 2.33 bits per heavy atom. The molecule has 0 radical (unpaired) electrons. The standard InChI is InChI=1S/C10H19NO3S/c1-3-4-5-6-7-11-10(15,8(2)12)9(13)14/h11,15H,3-7H2,1-2H3,(H,13,14). The number of carbonyl (C=O) groups excluding carboxylic acids is 1. The van der Waals surface area contributed by atoms with E-state index in [-0.39, 0.29) is 0 Å². The number of aliphatic carboxylic acids is 1. The Morgan fingerprint density at radius 1 is 1.33 bits per heavy atom. The Kier molecular flexibility index (Phi) is 6.60. The number of hydrogen-bond donors (Lipinski definition) is 3. The molecule has 0 aliphatic rings. The van der Waals surface area contributed by atoms with E-state index in [1.807, 2.05) is 0 Å². The smallest absolute Gasteiger partial charge is 0.342 e. The molecule has 0 aromatic carbocycles. The minimum absolute atomic E-state index is 0.492. The van der Waals surface area contributed by atoms with Crippen LogP contribution in [0, 0.1) is 0 Å². The van der Waals surface area contributed by atoms with Crippen molar-refractivity contribution in [2.45, 2.75) is 44.4 Å². The van der Waals surface area contributed by atoms with Crippen LogP contribution in [0.2, 0.25) is 0 Å². The SMILES string of the molecule is CCCCCCNC(S)(C(C)=O)C(=O)O. The molecule has 0 rings (SSSR count). The topological polar surface area (TPSA) is 66.4 Å². The van der Waals surface area contributed by atoms with Gasteiger partial charge in [0.1, 0.15) is 0 Å². The molecule has 2 N–H and O–H groups in total. The van der Waals surface area contributed by atoms with Crippen LogP contribution in [0.15, 0.2) is 0 Å². The molecule has 4 nitrogen and oxygen atoms in total. The summed E-state index contributed by atoms with van der Waals surface area (Å²) in [6, 6.07) is 0. The normalized spacial score (nSPS) is 14.6. The van der Waals surface area contributed by atoms with Crippen LogP contribution < -0.4 is 5.32 Å². The molecule has 0 aromatic heterocycles. The molecule has 0 aliphatic carbocycles. The lowest BCUT2D eigenvalue weighted by atomic mass is 10.1. The van der Waals surface area contributed by atoms with Gasteiger partial charge in [-0.25, -0.2) is 4.79 Å². The summed E-state index contributed by atoms with van der Waals surface area (Å²) in [5.74, 6) is -1.73. The van der Waals surface area contributed by atoms with Crippen LogP contribution in [0.25, 0.3) is 0 Å². The lowest BCUT2D eigenvalue weighted by Gasteiger charge is -2.21. The van der Waals surface area contributed by atoms with Gasteiger partial charge in [0.25, 0.3) is 0 Å². The molecule has 0 aromatic rings. The number of Topliss-reactive ketones (excluding diaryl/α,β-unsaturated/α-hetero) is 1. The third-order valence-electron chi connectivity index (χ3n) is 2.23. The lowest BCUT2D eigenvalue weighted by Crippen LogP contribution is -2.53. The van der Waals surface area contributed by atoms with Crippen molar-refractivity contribution in [1.82, 2.24) is 5.32 Å². The van der Waals surface area contributed by atoms with E-state index in [4.69, 9.17) is 5.11 Å². The van der Waals surface area contributed by atoms with Gasteiger partial charge in [-0.15, -0.1) is 12.6 Å². The minimum Gasteiger partial charge on any atom is -0.479 e. The second-order valence-corrected chi connectivity index (χ2v) is 4.23. The number of ketones is 1. The summed E-state index contributed by atoms with van der Waals surface area (Å²) in [7, 11) is 0. The second kappa shape index (κ2) is 6.85. The van der Waals surface area contributed by atoms with Gasteiger partial charge in [0.2, 0.25) is 4.87 Å². The summed E-state index contributed by atoms with van der Waals surface area (Å²) in [4.78, 5) is 20.2. The van der Waals surface area contributed by atoms with Crippen LogP contribution in [0.3, 0.4) is 0 Å². The van der Waals surface area contributed by atoms with Gasteiger partial charge in [-0.3, -0.25) is 10.1 Å². The number of carboxylic acids is 1. The Hall–Kier alpha value is -0.550. The molecule has 0 bridgehead atoms. The van der Waals surface area contributed by atoms with E-state index >= 15 is 0 Å². The fourth-order valence-electron chi connectivity index (χ4n) is 1.17. The highest BCUT2D eigenvalue weighted by Crippen LogP contribution is 2.12. The molecule has 5 heteroatoms. The first-order valence-corrected chi connectivity index (χ1v) is 5.61. The Morgan fingerprint density at radius 2 is 1.93 bits per heavy atom. The van der Waals surface area contributed by atoms with Crippen LogP contribution in [0.1, 0.15) is 39.5 Å². The first kappa shape index (κ1) is 14.5. The van der Waals surface area contributed by atoms with E-state index in [1.54, 1.807) is 0 Å².